The maximum absolute atomic E-state index is 4.71. The van der Waals surface area contributed by atoms with Crippen LogP contribution in [0.4, 0.5) is 0 Å². The molecule has 2 fully saturated rings. The molecule has 2 saturated carbocycles. The van der Waals surface area contributed by atoms with Crippen LogP contribution in [-0.4, -0.2) is 24.0 Å². The lowest BCUT2D eigenvalue weighted by molar-refractivity contribution is 0.106. The first-order chi connectivity index (χ1) is 10.8. The van der Waals surface area contributed by atoms with Gasteiger partial charge in [-0.2, -0.15) is 0 Å². The molecule has 1 aromatic heterocycles. The Morgan fingerprint density at radius 3 is 2.65 bits per heavy atom. The molecule has 0 spiro atoms. The highest BCUT2D eigenvalue weighted by molar-refractivity contribution is 14.0. The Morgan fingerprint density at radius 1 is 1.35 bits per heavy atom. The Balaban J connectivity index is 0.00000192. The van der Waals surface area contributed by atoms with Crippen molar-refractivity contribution in [2.24, 2.45) is 16.3 Å². The third-order valence-corrected chi connectivity index (χ3v) is 6.19. The van der Waals surface area contributed by atoms with Gasteiger partial charge in [0.05, 0.1) is 6.54 Å². The zero-order chi connectivity index (χ0) is 15.4. The number of nitrogens with zero attached hydrogens (tertiary/aromatic N) is 2. The normalized spacial score (nSPS) is 19.7. The lowest BCUT2D eigenvalue weighted by Gasteiger charge is -2.43. The van der Waals surface area contributed by atoms with Crippen molar-refractivity contribution in [3.8, 4) is 0 Å². The molecule has 1 heterocycles. The third kappa shape index (κ3) is 4.81. The number of aliphatic imine (C=N–C) groups is 1. The lowest BCUT2D eigenvalue weighted by Crippen LogP contribution is -2.47. The number of thiazole rings is 1. The Morgan fingerprint density at radius 2 is 2.13 bits per heavy atom. The van der Waals surface area contributed by atoms with Crippen LogP contribution in [0.15, 0.2) is 11.2 Å². The van der Waals surface area contributed by atoms with Gasteiger partial charge in [-0.05, 0) is 50.4 Å². The largest absolute Gasteiger partial charge is 0.357 e. The minimum Gasteiger partial charge on any atom is -0.357 e. The lowest BCUT2D eigenvalue weighted by atomic mass is 9.65. The average Bonchev–Trinajstić information content (AvgIpc) is 3.22. The molecular formula is C17H29IN4S. The van der Waals surface area contributed by atoms with Crippen molar-refractivity contribution in [1.82, 2.24) is 15.6 Å². The first-order valence-electron chi connectivity index (χ1n) is 8.71. The highest BCUT2D eigenvalue weighted by Gasteiger charge is 2.48. The summed E-state index contributed by atoms with van der Waals surface area (Å²) in [4.78, 5) is 10.5. The highest BCUT2D eigenvalue weighted by atomic mass is 127. The van der Waals surface area contributed by atoms with Crippen LogP contribution >= 0.6 is 35.3 Å². The SMILES string of the molecule is CCNC(=NCc1ncc(CC)s1)NCC1(C2CC2)CCC1.I. The summed E-state index contributed by atoms with van der Waals surface area (Å²) in [6.07, 6.45) is 10.1. The van der Waals surface area contributed by atoms with Crippen molar-refractivity contribution >= 4 is 41.3 Å². The van der Waals surface area contributed by atoms with E-state index in [0.29, 0.717) is 12.0 Å². The molecule has 2 aliphatic rings. The molecule has 2 N–H and O–H groups in total. The summed E-state index contributed by atoms with van der Waals surface area (Å²) in [5.74, 6) is 1.92. The van der Waals surface area contributed by atoms with Crippen molar-refractivity contribution in [3.63, 3.8) is 0 Å². The smallest absolute Gasteiger partial charge is 0.191 e. The van der Waals surface area contributed by atoms with Crippen molar-refractivity contribution in [2.75, 3.05) is 13.1 Å². The minimum absolute atomic E-state index is 0. The Bertz CT molecular complexity index is 520. The maximum Gasteiger partial charge on any atom is 0.191 e. The number of aromatic nitrogens is 1. The maximum atomic E-state index is 4.71. The summed E-state index contributed by atoms with van der Waals surface area (Å²) in [6.45, 7) is 6.95. The second kappa shape index (κ2) is 8.65. The van der Waals surface area contributed by atoms with E-state index in [2.05, 4.69) is 29.5 Å². The van der Waals surface area contributed by atoms with Gasteiger partial charge in [0, 0.05) is 24.2 Å². The number of aryl methyl sites for hydroxylation is 1. The van der Waals surface area contributed by atoms with E-state index in [1.54, 1.807) is 11.3 Å². The van der Waals surface area contributed by atoms with Crippen LogP contribution in [0.2, 0.25) is 0 Å². The number of hydrogen-bond acceptors (Lipinski definition) is 3. The molecule has 4 nitrogen and oxygen atoms in total. The summed E-state index contributed by atoms with van der Waals surface area (Å²) in [7, 11) is 0. The van der Waals surface area contributed by atoms with E-state index in [0.717, 1.165) is 36.4 Å². The molecule has 0 saturated heterocycles. The van der Waals surface area contributed by atoms with Gasteiger partial charge in [-0.15, -0.1) is 35.3 Å². The Labute approximate surface area is 161 Å². The predicted molar refractivity (Wildman–Crippen MR) is 109 cm³/mol. The van der Waals surface area contributed by atoms with Gasteiger partial charge in [-0.1, -0.05) is 13.3 Å². The molecule has 2 aliphatic carbocycles. The third-order valence-electron chi connectivity index (χ3n) is 5.07. The van der Waals surface area contributed by atoms with Gasteiger partial charge >= 0.3 is 0 Å². The number of halogens is 1. The van der Waals surface area contributed by atoms with Gasteiger partial charge in [0.2, 0.25) is 0 Å². The van der Waals surface area contributed by atoms with Crippen molar-refractivity contribution in [2.45, 2.75) is 58.9 Å². The molecule has 0 atom stereocenters. The fraction of sp³-hybridized carbons (Fsp3) is 0.765. The Kier molecular flexibility index (Phi) is 7.13. The molecule has 23 heavy (non-hydrogen) atoms. The molecule has 0 radical (unpaired) electrons. The summed E-state index contributed by atoms with van der Waals surface area (Å²) in [5.41, 5.74) is 0.576. The standard InChI is InChI=1S/C17H28N4S.HI/c1-3-14-10-19-15(22-14)11-20-16(18-4-2)21-12-17(8-5-9-17)13-6-7-13;/h10,13H,3-9,11-12H2,1-2H3,(H2,18,20,21);1H. The number of hydrogen-bond donors (Lipinski definition) is 2. The van der Waals surface area contributed by atoms with E-state index in [-0.39, 0.29) is 24.0 Å². The first kappa shape index (κ1) is 19.0. The molecular weight excluding hydrogens is 419 g/mol. The van der Waals surface area contributed by atoms with E-state index in [4.69, 9.17) is 4.99 Å². The summed E-state index contributed by atoms with van der Waals surface area (Å²) in [6, 6.07) is 0. The quantitative estimate of drug-likeness (QED) is 0.377. The van der Waals surface area contributed by atoms with Crippen LogP contribution in [0.3, 0.4) is 0 Å². The van der Waals surface area contributed by atoms with E-state index in [1.165, 1.54) is 37.0 Å². The van der Waals surface area contributed by atoms with Crippen LogP contribution in [0.1, 0.15) is 55.8 Å². The molecule has 130 valence electrons. The van der Waals surface area contributed by atoms with E-state index in [9.17, 15) is 0 Å². The molecule has 0 unspecified atom stereocenters. The average molecular weight is 448 g/mol. The van der Waals surface area contributed by atoms with Gasteiger partial charge < -0.3 is 10.6 Å². The number of guanidine groups is 1. The molecule has 0 amide bonds. The fourth-order valence-electron chi connectivity index (χ4n) is 3.39. The molecule has 3 rings (SSSR count). The van der Waals surface area contributed by atoms with Crippen LogP contribution < -0.4 is 10.6 Å². The van der Waals surface area contributed by atoms with E-state index >= 15 is 0 Å². The highest BCUT2D eigenvalue weighted by Crippen LogP contribution is 2.56. The van der Waals surface area contributed by atoms with Crippen LogP contribution in [0.25, 0.3) is 0 Å². The molecule has 6 heteroatoms. The fourth-order valence-corrected chi connectivity index (χ4v) is 4.18. The van der Waals surface area contributed by atoms with E-state index in [1.807, 2.05) is 6.20 Å². The van der Waals surface area contributed by atoms with Crippen LogP contribution in [0, 0.1) is 11.3 Å². The van der Waals surface area contributed by atoms with Crippen molar-refractivity contribution in [1.29, 1.82) is 0 Å². The van der Waals surface area contributed by atoms with Crippen molar-refractivity contribution in [3.05, 3.63) is 16.1 Å². The monoisotopic (exact) mass is 448 g/mol. The Hall–Kier alpha value is -0.370. The zero-order valence-electron chi connectivity index (χ0n) is 14.2. The first-order valence-corrected chi connectivity index (χ1v) is 9.53. The van der Waals surface area contributed by atoms with Gasteiger partial charge in [0.15, 0.2) is 5.96 Å². The second-order valence-electron chi connectivity index (χ2n) is 6.61. The molecule has 0 aromatic carbocycles. The van der Waals surface area contributed by atoms with Gasteiger partial charge in [0.25, 0.3) is 0 Å². The number of rotatable bonds is 7. The van der Waals surface area contributed by atoms with Crippen molar-refractivity contribution < 1.29 is 0 Å². The molecule has 1 aromatic rings. The van der Waals surface area contributed by atoms with Gasteiger partial charge in [0.1, 0.15) is 5.01 Å². The predicted octanol–water partition coefficient (Wildman–Crippen LogP) is 3.96. The summed E-state index contributed by atoms with van der Waals surface area (Å²) < 4.78 is 0. The second-order valence-corrected chi connectivity index (χ2v) is 7.81. The van der Waals surface area contributed by atoms with Gasteiger partial charge in [-0.25, -0.2) is 9.98 Å². The van der Waals surface area contributed by atoms with Crippen LogP contribution in [-0.2, 0) is 13.0 Å². The molecule has 0 bridgehead atoms. The minimum atomic E-state index is 0. The van der Waals surface area contributed by atoms with E-state index < -0.39 is 0 Å². The number of nitrogens with one attached hydrogen (secondary N) is 2. The summed E-state index contributed by atoms with van der Waals surface area (Å²) in [5, 5.41) is 8.07. The topological polar surface area (TPSA) is 49.3 Å². The zero-order valence-corrected chi connectivity index (χ0v) is 17.4. The molecule has 0 aliphatic heterocycles. The summed E-state index contributed by atoms with van der Waals surface area (Å²) >= 11 is 1.77. The van der Waals surface area contributed by atoms with Gasteiger partial charge in [-0.3, -0.25) is 0 Å². The van der Waals surface area contributed by atoms with Crippen LogP contribution in [0.5, 0.6) is 0 Å².